The average molecular weight is 193 g/mol. The lowest BCUT2D eigenvalue weighted by Gasteiger charge is -1.99. The van der Waals surface area contributed by atoms with Crippen LogP contribution in [0.25, 0.3) is 0 Å². The minimum absolute atomic E-state index is 0.329. The van der Waals surface area contributed by atoms with Crippen molar-refractivity contribution in [3.63, 3.8) is 0 Å². The van der Waals surface area contributed by atoms with Crippen LogP contribution in [0.2, 0.25) is 0 Å². The summed E-state index contributed by atoms with van der Waals surface area (Å²) in [5.41, 5.74) is 0.528. The zero-order chi connectivity index (χ0) is 7.02. The molecule has 0 saturated carbocycles. The van der Waals surface area contributed by atoms with Gasteiger partial charge >= 0.3 is 5.97 Å². The van der Waals surface area contributed by atoms with E-state index in [1.54, 1.807) is 6.92 Å². The molecule has 0 aromatic carbocycles. The second-order valence-electron chi connectivity index (χ2n) is 1.75. The zero-order valence-electron chi connectivity index (χ0n) is 4.72. The number of esters is 1. The van der Waals surface area contributed by atoms with E-state index in [0.717, 1.165) is 0 Å². The van der Waals surface area contributed by atoms with Gasteiger partial charge in [0.15, 0.2) is 0 Å². The highest BCUT2D eigenvalue weighted by atomic mass is 79.9. The lowest BCUT2D eigenvalue weighted by Crippen LogP contribution is -2.07. The van der Waals surface area contributed by atoms with Crippen LogP contribution in [0.4, 0.5) is 0 Å². The Morgan fingerprint density at radius 3 is 2.44 bits per heavy atom. The second-order valence-corrected chi connectivity index (χ2v) is 2.55. The molecule has 0 aliphatic carbocycles. The maximum atomic E-state index is 10.5. The molecule has 0 amide bonds. The van der Waals surface area contributed by atoms with Gasteiger partial charge in [0, 0.05) is 5.57 Å². The largest absolute Gasteiger partial charge is 0.428 e. The van der Waals surface area contributed by atoms with Gasteiger partial charge in [-0.1, -0.05) is 0 Å². The fraction of sp³-hybridized carbons (Fsp3) is 0.400. The van der Waals surface area contributed by atoms with Crippen molar-refractivity contribution in [1.82, 2.24) is 0 Å². The molecule has 0 bridgehead atoms. The van der Waals surface area contributed by atoms with Crippen molar-refractivity contribution in [2.24, 2.45) is 0 Å². The maximum absolute atomic E-state index is 10.5. The van der Waals surface area contributed by atoms with Gasteiger partial charge in [0.25, 0.3) is 0 Å². The molecule has 0 fully saturated rings. The fourth-order valence-electron chi connectivity index (χ4n) is 0.511. The molecule has 0 aromatic rings. The normalized spacial score (nSPS) is 27.0. The molecule has 1 aliphatic heterocycles. The second kappa shape index (κ2) is 2.11. The van der Waals surface area contributed by atoms with Gasteiger partial charge in [-0.3, -0.25) is 0 Å². The Balaban J connectivity index is 2.92. The van der Waals surface area contributed by atoms with E-state index in [2.05, 4.69) is 20.7 Å². The van der Waals surface area contributed by atoms with Crippen molar-refractivity contribution in [2.45, 2.75) is 13.2 Å². The number of ether oxygens (including phenoxy) is 1. The third-order valence-corrected chi connectivity index (χ3v) is 2.06. The predicted octanol–water partition coefficient (Wildman–Crippen LogP) is 0.530. The third-order valence-electron chi connectivity index (χ3n) is 1.11. The molecule has 1 heterocycles. The van der Waals surface area contributed by atoms with Crippen LogP contribution in [-0.2, 0) is 9.53 Å². The molecule has 0 aromatic heterocycles. The first-order valence-corrected chi connectivity index (χ1v) is 3.17. The Labute approximate surface area is 60.4 Å². The number of carbonyl (C=O) groups is 1. The zero-order valence-corrected chi connectivity index (χ0v) is 6.31. The number of carbonyl (C=O) groups excluding carboxylic acids is 1. The van der Waals surface area contributed by atoms with Gasteiger partial charge in [0.2, 0.25) is 6.29 Å². The minimum Gasteiger partial charge on any atom is -0.428 e. The number of aliphatic hydroxyl groups is 1. The molecule has 1 aliphatic rings. The molecule has 0 saturated heterocycles. The fourth-order valence-corrected chi connectivity index (χ4v) is 0.800. The van der Waals surface area contributed by atoms with E-state index >= 15 is 0 Å². The van der Waals surface area contributed by atoms with Crippen LogP contribution < -0.4 is 0 Å². The van der Waals surface area contributed by atoms with Crippen LogP contribution in [0.3, 0.4) is 0 Å². The molecule has 1 N–H and O–H groups in total. The molecular weight excluding hydrogens is 188 g/mol. The molecule has 9 heavy (non-hydrogen) atoms. The summed E-state index contributed by atoms with van der Waals surface area (Å²) in [5, 5.41) is 8.81. The van der Waals surface area contributed by atoms with Crippen LogP contribution >= 0.6 is 15.9 Å². The number of hydrogen-bond acceptors (Lipinski definition) is 3. The van der Waals surface area contributed by atoms with E-state index in [9.17, 15) is 4.79 Å². The first-order chi connectivity index (χ1) is 4.13. The molecular formula is C5H5BrO3. The first-order valence-electron chi connectivity index (χ1n) is 2.38. The van der Waals surface area contributed by atoms with Crippen molar-refractivity contribution in [3.8, 4) is 0 Å². The Hall–Kier alpha value is -0.350. The molecule has 1 atom stereocenters. The van der Waals surface area contributed by atoms with Crippen LogP contribution in [0, 0.1) is 0 Å². The summed E-state index contributed by atoms with van der Waals surface area (Å²) in [7, 11) is 0. The standard InChI is InChI=1S/C5H5BrO3/c1-2-3(6)5(8)9-4(2)7/h4,7H,1H3/t4-/m0/s1. The quantitative estimate of drug-likeness (QED) is 0.570. The SMILES string of the molecule is CC1=C(Br)C(=O)O[C@@H]1O. The molecule has 0 unspecified atom stereocenters. The van der Waals surface area contributed by atoms with E-state index in [1.165, 1.54) is 0 Å². The highest BCUT2D eigenvalue weighted by Crippen LogP contribution is 2.24. The molecule has 1 rings (SSSR count). The number of hydrogen-bond donors (Lipinski definition) is 1. The van der Waals surface area contributed by atoms with Gasteiger partial charge in [-0.2, -0.15) is 0 Å². The Morgan fingerprint density at radius 2 is 2.33 bits per heavy atom. The summed E-state index contributed by atoms with van der Waals surface area (Å²) in [6.07, 6.45) is -1.05. The molecule has 50 valence electrons. The highest BCUT2D eigenvalue weighted by molar-refractivity contribution is 9.12. The van der Waals surface area contributed by atoms with Crippen molar-refractivity contribution in [1.29, 1.82) is 0 Å². The molecule has 0 radical (unpaired) electrons. The maximum Gasteiger partial charge on any atom is 0.347 e. The van der Waals surface area contributed by atoms with E-state index in [1.807, 2.05) is 0 Å². The molecule has 3 nitrogen and oxygen atoms in total. The lowest BCUT2D eigenvalue weighted by atomic mass is 10.3. The van der Waals surface area contributed by atoms with Crippen molar-refractivity contribution >= 4 is 21.9 Å². The van der Waals surface area contributed by atoms with E-state index in [0.29, 0.717) is 10.1 Å². The van der Waals surface area contributed by atoms with Gasteiger partial charge in [-0.15, -0.1) is 0 Å². The van der Waals surface area contributed by atoms with Gasteiger partial charge in [0.05, 0.1) is 0 Å². The van der Waals surface area contributed by atoms with Crippen molar-refractivity contribution in [2.75, 3.05) is 0 Å². The lowest BCUT2D eigenvalue weighted by molar-refractivity contribution is -0.151. The smallest absolute Gasteiger partial charge is 0.347 e. The highest BCUT2D eigenvalue weighted by Gasteiger charge is 2.27. The third kappa shape index (κ3) is 0.997. The van der Waals surface area contributed by atoms with Gasteiger partial charge < -0.3 is 9.84 Å². The van der Waals surface area contributed by atoms with Crippen LogP contribution in [-0.4, -0.2) is 17.4 Å². The van der Waals surface area contributed by atoms with Crippen LogP contribution in [0.1, 0.15) is 6.92 Å². The van der Waals surface area contributed by atoms with Crippen molar-refractivity contribution < 1.29 is 14.6 Å². The summed E-state index contributed by atoms with van der Waals surface area (Å²) < 4.78 is 4.71. The Morgan fingerprint density at radius 1 is 1.78 bits per heavy atom. The monoisotopic (exact) mass is 192 g/mol. The number of cyclic esters (lactones) is 1. The minimum atomic E-state index is -1.05. The number of rotatable bonds is 0. The van der Waals surface area contributed by atoms with E-state index < -0.39 is 12.3 Å². The summed E-state index contributed by atoms with van der Waals surface area (Å²) in [6, 6.07) is 0. The van der Waals surface area contributed by atoms with Gasteiger partial charge in [0.1, 0.15) is 4.48 Å². The van der Waals surface area contributed by atoms with Crippen molar-refractivity contribution in [3.05, 3.63) is 10.1 Å². The van der Waals surface area contributed by atoms with E-state index in [-0.39, 0.29) is 0 Å². The molecule has 4 heteroatoms. The van der Waals surface area contributed by atoms with Gasteiger partial charge in [-0.25, -0.2) is 4.79 Å². The first kappa shape index (κ1) is 6.77. The van der Waals surface area contributed by atoms with Crippen LogP contribution in [0.15, 0.2) is 10.1 Å². The Kier molecular flexibility index (Phi) is 1.59. The van der Waals surface area contributed by atoms with Gasteiger partial charge in [-0.05, 0) is 22.9 Å². The Bertz CT molecular complexity index is 185. The predicted molar refractivity (Wildman–Crippen MR) is 33.7 cm³/mol. The van der Waals surface area contributed by atoms with E-state index in [4.69, 9.17) is 5.11 Å². The molecule has 0 spiro atoms. The van der Waals surface area contributed by atoms with Crippen LogP contribution in [0.5, 0.6) is 0 Å². The summed E-state index contributed by atoms with van der Waals surface area (Å²) in [6.45, 7) is 1.62. The summed E-state index contributed by atoms with van der Waals surface area (Å²) >= 11 is 2.95. The topological polar surface area (TPSA) is 46.5 Å². The number of aliphatic hydroxyl groups excluding tert-OH is 1. The summed E-state index contributed by atoms with van der Waals surface area (Å²) in [5.74, 6) is -0.500. The average Bonchev–Trinajstić information content (AvgIpc) is 1.98. The summed E-state index contributed by atoms with van der Waals surface area (Å²) in [4.78, 5) is 10.5. The number of halogens is 1.